The van der Waals surface area contributed by atoms with Gasteiger partial charge in [0, 0.05) is 16.1 Å². The van der Waals surface area contributed by atoms with Gasteiger partial charge in [0.15, 0.2) is 12.4 Å². The van der Waals surface area contributed by atoms with Crippen LogP contribution in [0.4, 0.5) is 0 Å². The van der Waals surface area contributed by atoms with E-state index in [0.29, 0.717) is 33.1 Å². The maximum atomic E-state index is 13.6. The zero-order valence-corrected chi connectivity index (χ0v) is 21.2. The molecule has 0 atom stereocenters. The number of ether oxygens (including phenoxy) is 2. The first-order chi connectivity index (χ1) is 17.3. The van der Waals surface area contributed by atoms with Crippen LogP contribution in [0, 0.1) is 18.3 Å². The number of hydrogen-bond donors (Lipinski definition) is 0. The standard InChI is InChI=1S/C28H25ClN4O3/c1-17(2)22-15-23(18(3)13-26(22)35-4)27-32-24-8-6-5-7-21(24)28(34)33(27)31-16-19-14-20(29)9-10-25(19)36-12-11-30/h5-10,13-17H,12H2,1-4H3. The lowest BCUT2D eigenvalue weighted by Gasteiger charge is -2.17. The van der Waals surface area contributed by atoms with E-state index in [9.17, 15) is 4.79 Å². The lowest BCUT2D eigenvalue weighted by molar-refractivity contribution is 0.367. The van der Waals surface area contributed by atoms with Crippen molar-refractivity contribution in [2.45, 2.75) is 26.7 Å². The molecule has 1 aromatic heterocycles. The third-order valence-electron chi connectivity index (χ3n) is 5.77. The first-order valence-corrected chi connectivity index (χ1v) is 11.8. The Morgan fingerprint density at radius 2 is 1.94 bits per heavy atom. The minimum atomic E-state index is -0.310. The van der Waals surface area contributed by atoms with Gasteiger partial charge < -0.3 is 9.47 Å². The van der Waals surface area contributed by atoms with E-state index in [-0.39, 0.29) is 18.1 Å². The number of halogens is 1. The molecule has 0 N–H and O–H groups in total. The molecule has 8 heteroatoms. The molecular weight excluding hydrogens is 476 g/mol. The fourth-order valence-corrected chi connectivity index (χ4v) is 4.13. The van der Waals surface area contributed by atoms with Crippen molar-refractivity contribution in [1.29, 1.82) is 5.26 Å². The average Bonchev–Trinajstić information content (AvgIpc) is 2.87. The second-order valence-corrected chi connectivity index (χ2v) is 8.94. The molecule has 182 valence electrons. The number of methoxy groups -OCH3 is 1. The topological polar surface area (TPSA) is 89.5 Å². The Labute approximate surface area is 214 Å². The highest BCUT2D eigenvalue weighted by atomic mass is 35.5. The van der Waals surface area contributed by atoms with E-state index >= 15 is 0 Å². The Morgan fingerprint density at radius 3 is 2.67 bits per heavy atom. The summed E-state index contributed by atoms with van der Waals surface area (Å²) in [7, 11) is 1.64. The lowest BCUT2D eigenvalue weighted by Crippen LogP contribution is -2.21. The summed E-state index contributed by atoms with van der Waals surface area (Å²) >= 11 is 6.19. The molecule has 0 aliphatic carbocycles. The Hall–Kier alpha value is -4.15. The van der Waals surface area contributed by atoms with E-state index in [4.69, 9.17) is 31.3 Å². The van der Waals surface area contributed by atoms with Gasteiger partial charge in [-0.25, -0.2) is 4.98 Å². The van der Waals surface area contributed by atoms with Crippen LogP contribution in [0.25, 0.3) is 22.3 Å². The van der Waals surface area contributed by atoms with Crippen LogP contribution < -0.4 is 15.0 Å². The number of hydrogen-bond acceptors (Lipinski definition) is 6. The van der Waals surface area contributed by atoms with Crippen molar-refractivity contribution < 1.29 is 9.47 Å². The maximum absolute atomic E-state index is 13.6. The Balaban J connectivity index is 1.97. The summed E-state index contributed by atoms with van der Waals surface area (Å²) in [4.78, 5) is 18.4. The molecule has 0 amide bonds. The summed E-state index contributed by atoms with van der Waals surface area (Å²) in [5, 5.41) is 14.4. The SMILES string of the molecule is COc1cc(C)c(-c2nc3ccccc3c(=O)n2N=Cc2cc(Cl)ccc2OCC#N)cc1C(C)C. The van der Waals surface area contributed by atoms with Crippen LogP contribution in [0.1, 0.15) is 36.5 Å². The van der Waals surface area contributed by atoms with E-state index in [1.54, 1.807) is 43.5 Å². The van der Waals surface area contributed by atoms with Crippen LogP contribution in [0.5, 0.6) is 11.5 Å². The molecule has 0 spiro atoms. The summed E-state index contributed by atoms with van der Waals surface area (Å²) in [6, 6.07) is 18.0. The molecule has 0 aliphatic heterocycles. The van der Waals surface area contributed by atoms with Gasteiger partial charge in [0.2, 0.25) is 0 Å². The number of aromatic nitrogens is 2. The third kappa shape index (κ3) is 4.95. The van der Waals surface area contributed by atoms with E-state index in [0.717, 1.165) is 22.4 Å². The van der Waals surface area contributed by atoms with E-state index in [1.807, 2.05) is 31.2 Å². The Morgan fingerprint density at radius 1 is 1.17 bits per heavy atom. The number of rotatable bonds is 7. The average molecular weight is 501 g/mol. The first kappa shape index (κ1) is 25.0. The molecule has 1 heterocycles. The van der Waals surface area contributed by atoms with Gasteiger partial charge in [-0.2, -0.15) is 15.0 Å². The van der Waals surface area contributed by atoms with Crippen LogP contribution in [0.3, 0.4) is 0 Å². The van der Waals surface area contributed by atoms with Crippen molar-refractivity contribution in [2.24, 2.45) is 5.10 Å². The van der Waals surface area contributed by atoms with Crippen molar-refractivity contribution in [3.8, 4) is 29.0 Å². The highest BCUT2D eigenvalue weighted by Crippen LogP contribution is 2.34. The molecule has 0 bridgehead atoms. The number of aryl methyl sites for hydroxylation is 1. The predicted octanol–water partition coefficient (Wildman–Crippen LogP) is 5.94. The van der Waals surface area contributed by atoms with Crippen LogP contribution >= 0.6 is 11.6 Å². The predicted molar refractivity (Wildman–Crippen MR) is 142 cm³/mol. The molecule has 36 heavy (non-hydrogen) atoms. The van der Waals surface area contributed by atoms with Gasteiger partial charge in [-0.1, -0.05) is 37.6 Å². The van der Waals surface area contributed by atoms with Gasteiger partial charge in [0.05, 0.1) is 24.2 Å². The van der Waals surface area contributed by atoms with Gasteiger partial charge >= 0.3 is 0 Å². The number of para-hydroxylation sites is 1. The van der Waals surface area contributed by atoms with E-state index in [2.05, 4.69) is 18.9 Å². The second-order valence-electron chi connectivity index (χ2n) is 8.51. The summed E-state index contributed by atoms with van der Waals surface area (Å²) in [6.07, 6.45) is 1.49. The summed E-state index contributed by atoms with van der Waals surface area (Å²) < 4.78 is 12.4. The number of nitrogens with zero attached hydrogens (tertiary/aromatic N) is 4. The molecule has 0 fully saturated rings. The third-order valence-corrected chi connectivity index (χ3v) is 6.00. The molecule has 0 unspecified atom stereocenters. The fourth-order valence-electron chi connectivity index (χ4n) is 3.95. The summed E-state index contributed by atoms with van der Waals surface area (Å²) in [5.41, 5.74) is 3.45. The highest BCUT2D eigenvalue weighted by Gasteiger charge is 2.18. The minimum absolute atomic E-state index is 0.131. The quantitative estimate of drug-likeness (QED) is 0.293. The number of fused-ring (bicyclic) bond motifs is 1. The largest absolute Gasteiger partial charge is 0.496 e. The van der Waals surface area contributed by atoms with Crippen LogP contribution in [0.2, 0.25) is 5.02 Å². The lowest BCUT2D eigenvalue weighted by atomic mass is 9.96. The van der Waals surface area contributed by atoms with Gasteiger partial charge in [0.25, 0.3) is 5.56 Å². The Kier molecular flexibility index (Phi) is 7.37. The number of benzene rings is 3. The normalized spacial score (nSPS) is 11.2. The van der Waals surface area contributed by atoms with E-state index < -0.39 is 0 Å². The molecular formula is C28H25ClN4O3. The summed E-state index contributed by atoms with van der Waals surface area (Å²) in [5.74, 6) is 1.80. The monoisotopic (exact) mass is 500 g/mol. The maximum Gasteiger partial charge on any atom is 0.282 e. The molecule has 4 aromatic rings. The van der Waals surface area contributed by atoms with Crippen molar-refractivity contribution in [3.63, 3.8) is 0 Å². The first-order valence-electron chi connectivity index (χ1n) is 11.4. The molecule has 3 aromatic carbocycles. The van der Waals surface area contributed by atoms with Gasteiger partial charge in [0.1, 0.15) is 17.6 Å². The van der Waals surface area contributed by atoms with Gasteiger partial charge in [-0.05, 0) is 66.4 Å². The number of nitriles is 1. The minimum Gasteiger partial charge on any atom is -0.496 e. The zero-order chi connectivity index (χ0) is 25.8. The molecule has 0 saturated carbocycles. The second kappa shape index (κ2) is 10.6. The highest BCUT2D eigenvalue weighted by molar-refractivity contribution is 6.30. The molecule has 0 aliphatic rings. The van der Waals surface area contributed by atoms with Crippen molar-refractivity contribution in [2.75, 3.05) is 13.7 Å². The molecule has 4 rings (SSSR count). The van der Waals surface area contributed by atoms with Crippen molar-refractivity contribution >= 4 is 28.7 Å². The molecule has 0 radical (unpaired) electrons. The van der Waals surface area contributed by atoms with Crippen LogP contribution in [0.15, 0.2) is 64.5 Å². The van der Waals surface area contributed by atoms with Gasteiger partial charge in [-0.15, -0.1) is 0 Å². The summed E-state index contributed by atoms with van der Waals surface area (Å²) in [6.45, 7) is 5.98. The van der Waals surface area contributed by atoms with E-state index in [1.165, 1.54) is 10.9 Å². The molecule has 7 nitrogen and oxygen atoms in total. The van der Waals surface area contributed by atoms with Crippen molar-refractivity contribution in [3.05, 3.63) is 86.7 Å². The van der Waals surface area contributed by atoms with Gasteiger partial charge in [-0.3, -0.25) is 4.79 Å². The smallest absolute Gasteiger partial charge is 0.282 e. The van der Waals surface area contributed by atoms with Crippen LogP contribution in [-0.4, -0.2) is 29.6 Å². The Bertz CT molecular complexity index is 1570. The van der Waals surface area contributed by atoms with Crippen molar-refractivity contribution in [1.82, 2.24) is 9.66 Å². The fraction of sp³-hybridized carbons (Fsp3) is 0.214. The zero-order valence-electron chi connectivity index (χ0n) is 20.4. The molecule has 0 saturated heterocycles. The van der Waals surface area contributed by atoms with Crippen LogP contribution in [-0.2, 0) is 0 Å².